The quantitative estimate of drug-likeness (QED) is 0.387. The van der Waals surface area contributed by atoms with Crippen molar-refractivity contribution >= 4 is 0 Å². The Morgan fingerprint density at radius 1 is 0.667 bits per heavy atom. The maximum absolute atomic E-state index is 9.01. The molecule has 0 aliphatic carbocycles. The zero-order chi connectivity index (χ0) is 18.9. The minimum absolute atomic E-state index is 0.694. The summed E-state index contributed by atoms with van der Waals surface area (Å²) in [4.78, 5) is 0. The molecule has 0 atom stereocenters. The van der Waals surface area contributed by atoms with Crippen molar-refractivity contribution in [1.29, 1.82) is 5.26 Å². The number of rotatable bonds is 8. The van der Waals surface area contributed by atoms with Crippen LogP contribution in [0.15, 0.2) is 72.8 Å². The molecule has 1 nitrogen and oxygen atoms in total. The van der Waals surface area contributed by atoms with E-state index in [2.05, 4.69) is 61.5 Å². The van der Waals surface area contributed by atoms with Crippen molar-refractivity contribution in [2.45, 2.75) is 45.4 Å². The standard InChI is InChI=1S/C26H27N/c1-2-3-4-5-6-9-21-12-16-23(17-13-21)25-10-7-8-11-26(25)24-18-14-22(20-27)15-19-24/h7-8,10-19H,2-6,9H2,1H3. The van der Waals surface area contributed by atoms with Crippen LogP contribution in [-0.2, 0) is 6.42 Å². The Morgan fingerprint density at radius 2 is 1.22 bits per heavy atom. The fraction of sp³-hybridized carbons (Fsp3) is 0.269. The molecule has 0 aliphatic rings. The molecule has 27 heavy (non-hydrogen) atoms. The molecule has 0 amide bonds. The number of hydrogen-bond acceptors (Lipinski definition) is 1. The Hall–Kier alpha value is -2.85. The summed E-state index contributed by atoms with van der Waals surface area (Å²) in [5.41, 5.74) is 6.94. The van der Waals surface area contributed by atoms with E-state index in [0.717, 1.165) is 5.56 Å². The highest BCUT2D eigenvalue weighted by molar-refractivity contribution is 5.83. The van der Waals surface area contributed by atoms with Crippen LogP contribution in [-0.4, -0.2) is 0 Å². The third-order valence-electron chi connectivity index (χ3n) is 5.09. The van der Waals surface area contributed by atoms with Crippen molar-refractivity contribution in [2.75, 3.05) is 0 Å². The highest BCUT2D eigenvalue weighted by atomic mass is 14.2. The van der Waals surface area contributed by atoms with Gasteiger partial charge in [-0.25, -0.2) is 0 Å². The molecule has 3 aromatic carbocycles. The molecule has 3 rings (SSSR count). The van der Waals surface area contributed by atoms with Crippen LogP contribution >= 0.6 is 0 Å². The molecule has 0 radical (unpaired) electrons. The lowest BCUT2D eigenvalue weighted by molar-refractivity contribution is 0.632. The minimum Gasteiger partial charge on any atom is -0.192 e. The number of unbranched alkanes of at least 4 members (excludes halogenated alkanes) is 4. The molecule has 0 saturated heterocycles. The van der Waals surface area contributed by atoms with Gasteiger partial charge >= 0.3 is 0 Å². The molecule has 3 aromatic rings. The largest absolute Gasteiger partial charge is 0.192 e. The van der Waals surface area contributed by atoms with Gasteiger partial charge in [0.05, 0.1) is 11.6 Å². The number of hydrogen-bond donors (Lipinski definition) is 0. The normalized spacial score (nSPS) is 10.5. The van der Waals surface area contributed by atoms with Gasteiger partial charge < -0.3 is 0 Å². The Balaban J connectivity index is 1.75. The lowest BCUT2D eigenvalue weighted by Crippen LogP contribution is -1.88. The average Bonchev–Trinajstić information content (AvgIpc) is 2.74. The predicted octanol–water partition coefficient (Wildman–Crippen LogP) is 7.41. The van der Waals surface area contributed by atoms with Crippen molar-refractivity contribution in [2.24, 2.45) is 0 Å². The third kappa shape index (κ3) is 5.08. The van der Waals surface area contributed by atoms with Crippen molar-refractivity contribution in [3.63, 3.8) is 0 Å². The molecule has 0 saturated carbocycles. The van der Waals surface area contributed by atoms with Gasteiger partial charge in [0.15, 0.2) is 0 Å². The molecule has 0 bridgehead atoms. The number of aryl methyl sites for hydroxylation is 1. The van der Waals surface area contributed by atoms with E-state index in [0.29, 0.717) is 5.56 Å². The zero-order valence-corrected chi connectivity index (χ0v) is 16.1. The van der Waals surface area contributed by atoms with Gasteiger partial charge in [-0.1, -0.05) is 93.3 Å². The summed E-state index contributed by atoms with van der Waals surface area (Å²) in [6, 6.07) is 27.5. The van der Waals surface area contributed by atoms with Gasteiger partial charge in [0, 0.05) is 0 Å². The molecule has 136 valence electrons. The van der Waals surface area contributed by atoms with E-state index in [1.54, 1.807) is 0 Å². The van der Waals surface area contributed by atoms with Crippen LogP contribution in [0.5, 0.6) is 0 Å². The molecular weight excluding hydrogens is 326 g/mol. The van der Waals surface area contributed by atoms with Crippen molar-refractivity contribution in [1.82, 2.24) is 0 Å². The molecule has 0 aliphatic heterocycles. The minimum atomic E-state index is 0.694. The number of benzene rings is 3. The van der Waals surface area contributed by atoms with Gasteiger partial charge in [-0.05, 0) is 52.8 Å². The van der Waals surface area contributed by atoms with Crippen LogP contribution in [0.3, 0.4) is 0 Å². The first-order valence-corrected chi connectivity index (χ1v) is 10.0. The van der Waals surface area contributed by atoms with Crippen LogP contribution in [0.4, 0.5) is 0 Å². The molecule has 0 heterocycles. The highest BCUT2D eigenvalue weighted by Gasteiger charge is 2.07. The number of nitriles is 1. The average molecular weight is 354 g/mol. The van der Waals surface area contributed by atoms with Crippen molar-refractivity contribution < 1.29 is 0 Å². The first kappa shape index (κ1) is 18.9. The summed E-state index contributed by atoms with van der Waals surface area (Å²) >= 11 is 0. The monoisotopic (exact) mass is 353 g/mol. The van der Waals surface area contributed by atoms with Crippen LogP contribution in [0, 0.1) is 11.3 Å². The molecular formula is C26H27N. The summed E-state index contributed by atoms with van der Waals surface area (Å²) in [5, 5.41) is 9.01. The van der Waals surface area contributed by atoms with E-state index < -0.39 is 0 Å². The van der Waals surface area contributed by atoms with Crippen molar-refractivity contribution in [3.05, 3.63) is 83.9 Å². The van der Waals surface area contributed by atoms with Crippen LogP contribution in [0.1, 0.15) is 50.2 Å². The molecule has 0 fully saturated rings. The first-order valence-electron chi connectivity index (χ1n) is 10.0. The summed E-state index contributed by atoms with van der Waals surface area (Å²) in [7, 11) is 0. The van der Waals surface area contributed by atoms with Crippen molar-refractivity contribution in [3.8, 4) is 28.3 Å². The summed E-state index contributed by atoms with van der Waals surface area (Å²) < 4.78 is 0. The van der Waals surface area contributed by atoms with Gasteiger partial charge in [0.2, 0.25) is 0 Å². The van der Waals surface area contributed by atoms with E-state index in [9.17, 15) is 0 Å². The second-order valence-corrected chi connectivity index (χ2v) is 7.10. The second-order valence-electron chi connectivity index (χ2n) is 7.10. The summed E-state index contributed by atoms with van der Waals surface area (Å²) in [5.74, 6) is 0. The van der Waals surface area contributed by atoms with Crippen LogP contribution in [0.25, 0.3) is 22.3 Å². The van der Waals surface area contributed by atoms with Gasteiger partial charge in [-0.2, -0.15) is 5.26 Å². The second kappa shape index (κ2) is 9.74. The first-order chi connectivity index (χ1) is 13.3. The Kier molecular flexibility index (Phi) is 6.83. The fourth-order valence-corrected chi connectivity index (χ4v) is 3.49. The molecule has 0 unspecified atom stereocenters. The Bertz CT molecular complexity index is 883. The predicted molar refractivity (Wildman–Crippen MR) is 114 cm³/mol. The molecule has 0 N–H and O–H groups in total. The van der Waals surface area contributed by atoms with E-state index in [1.807, 2.05) is 24.3 Å². The lowest BCUT2D eigenvalue weighted by atomic mass is 9.93. The smallest absolute Gasteiger partial charge is 0.0991 e. The SMILES string of the molecule is CCCCCCCc1ccc(-c2ccccc2-c2ccc(C#N)cc2)cc1. The van der Waals surface area contributed by atoms with Gasteiger partial charge in [-0.15, -0.1) is 0 Å². The lowest BCUT2D eigenvalue weighted by Gasteiger charge is -2.11. The molecule has 0 spiro atoms. The van der Waals surface area contributed by atoms with Gasteiger partial charge in [-0.3, -0.25) is 0 Å². The van der Waals surface area contributed by atoms with Crippen LogP contribution in [0.2, 0.25) is 0 Å². The Morgan fingerprint density at radius 3 is 1.78 bits per heavy atom. The fourth-order valence-electron chi connectivity index (χ4n) is 3.49. The van der Waals surface area contributed by atoms with E-state index in [1.165, 1.54) is 60.8 Å². The van der Waals surface area contributed by atoms with E-state index in [-0.39, 0.29) is 0 Å². The van der Waals surface area contributed by atoms with E-state index in [4.69, 9.17) is 5.26 Å². The maximum Gasteiger partial charge on any atom is 0.0991 e. The Labute approximate surface area is 163 Å². The van der Waals surface area contributed by atoms with Gasteiger partial charge in [0.25, 0.3) is 0 Å². The number of nitrogens with zero attached hydrogens (tertiary/aromatic N) is 1. The molecule has 1 heteroatoms. The van der Waals surface area contributed by atoms with Gasteiger partial charge in [0.1, 0.15) is 0 Å². The van der Waals surface area contributed by atoms with E-state index >= 15 is 0 Å². The van der Waals surface area contributed by atoms with Crippen LogP contribution < -0.4 is 0 Å². The zero-order valence-electron chi connectivity index (χ0n) is 16.1. The molecule has 0 aromatic heterocycles. The maximum atomic E-state index is 9.01. The summed E-state index contributed by atoms with van der Waals surface area (Å²) in [6.07, 6.45) is 7.78. The summed E-state index contributed by atoms with van der Waals surface area (Å²) in [6.45, 7) is 2.26. The highest BCUT2D eigenvalue weighted by Crippen LogP contribution is 2.32. The topological polar surface area (TPSA) is 23.8 Å². The third-order valence-corrected chi connectivity index (χ3v) is 5.09.